The molecule has 2 bridgehead atoms. The molecule has 3 atom stereocenters. The maximum absolute atomic E-state index is 13.4. The van der Waals surface area contributed by atoms with Crippen molar-refractivity contribution in [2.24, 2.45) is 5.92 Å². The molecule has 3 fully saturated rings. The highest BCUT2D eigenvalue weighted by molar-refractivity contribution is 7.86. The number of fused-ring (bicyclic) bond motifs is 3. The number of thiazole rings is 1. The fourth-order valence-corrected chi connectivity index (χ4v) is 8.48. The third-order valence-corrected chi connectivity index (χ3v) is 10.4. The molecule has 3 N–H and O–H groups in total. The van der Waals surface area contributed by atoms with Crippen molar-refractivity contribution in [3.05, 3.63) is 35.5 Å². The first kappa shape index (κ1) is 24.4. The van der Waals surface area contributed by atoms with E-state index in [2.05, 4.69) is 26.7 Å². The summed E-state index contributed by atoms with van der Waals surface area (Å²) in [6.45, 7) is 0.516. The van der Waals surface area contributed by atoms with E-state index in [0.29, 0.717) is 29.6 Å². The van der Waals surface area contributed by atoms with E-state index < -0.39 is 10.2 Å². The Morgan fingerprint density at radius 2 is 2.00 bits per heavy atom. The number of hydrogen-bond donors (Lipinski definition) is 3. The monoisotopic (exact) mass is 540 g/mol. The van der Waals surface area contributed by atoms with Gasteiger partial charge in [-0.3, -0.25) is 4.98 Å². The Bertz CT molecular complexity index is 1440. The number of nitriles is 1. The van der Waals surface area contributed by atoms with Crippen LogP contribution in [0.15, 0.2) is 30.6 Å². The highest BCUT2D eigenvalue weighted by Crippen LogP contribution is 2.40. The summed E-state index contributed by atoms with van der Waals surface area (Å²) in [7, 11) is -3.57. The lowest BCUT2D eigenvalue weighted by Crippen LogP contribution is -2.63. The molecule has 6 rings (SSSR count). The number of piperidine rings is 2. The van der Waals surface area contributed by atoms with Gasteiger partial charge in [-0.15, -0.1) is 0 Å². The van der Waals surface area contributed by atoms with Gasteiger partial charge in [0.2, 0.25) is 0 Å². The van der Waals surface area contributed by atoms with E-state index in [1.165, 1.54) is 15.6 Å². The molecule has 3 aliphatic heterocycles. The number of rotatable bonds is 7. The van der Waals surface area contributed by atoms with E-state index >= 15 is 0 Å². The van der Waals surface area contributed by atoms with Crippen LogP contribution in [0, 0.1) is 17.2 Å². The van der Waals surface area contributed by atoms with Crippen LogP contribution >= 0.6 is 11.3 Å². The molecule has 37 heavy (non-hydrogen) atoms. The number of anilines is 3. The number of nitrogens with zero attached hydrogens (tertiary/aromatic N) is 6. The molecule has 0 spiro atoms. The lowest BCUT2D eigenvalue weighted by atomic mass is 9.84. The maximum Gasteiger partial charge on any atom is 0.282 e. The van der Waals surface area contributed by atoms with E-state index in [9.17, 15) is 13.5 Å². The summed E-state index contributed by atoms with van der Waals surface area (Å²) in [5.74, 6) is 1.09. The van der Waals surface area contributed by atoms with Crippen LogP contribution in [0.25, 0.3) is 10.9 Å². The first-order valence-corrected chi connectivity index (χ1v) is 14.7. The lowest BCUT2D eigenvalue weighted by Gasteiger charge is -2.50. The van der Waals surface area contributed by atoms with Crippen LogP contribution in [-0.2, 0) is 16.8 Å². The van der Waals surface area contributed by atoms with E-state index in [1.807, 2.05) is 18.2 Å². The van der Waals surface area contributed by atoms with Crippen LogP contribution in [0.4, 0.5) is 16.8 Å². The second kappa shape index (κ2) is 9.77. The molecule has 0 saturated carbocycles. The van der Waals surface area contributed by atoms with Crippen molar-refractivity contribution in [3.8, 4) is 6.07 Å². The summed E-state index contributed by atoms with van der Waals surface area (Å²) >= 11 is 1.36. The molecule has 194 valence electrons. The molecule has 13 heteroatoms. The third kappa shape index (κ3) is 4.64. The number of hydrogen-bond acceptors (Lipinski definition) is 10. The zero-order valence-electron chi connectivity index (χ0n) is 20.1. The van der Waals surface area contributed by atoms with Gasteiger partial charge in [-0.2, -0.15) is 22.3 Å². The number of aliphatic hydroxyl groups excluding tert-OH is 1. The van der Waals surface area contributed by atoms with Gasteiger partial charge in [0.05, 0.1) is 29.0 Å². The largest absolute Gasteiger partial charge is 0.391 e. The van der Waals surface area contributed by atoms with Crippen molar-refractivity contribution in [1.82, 2.24) is 23.6 Å². The molecular weight excluding hydrogens is 512 g/mol. The highest BCUT2D eigenvalue weighted by Gasteiger charge is 2.49. The van der Waals surface area contributed by atoms with Gasteiger partial charge in [0.1, 0.15) is 11.6 Å². The Hall–Kier alpha value is -2.89. The molecule has 0 aromatic carbocycles. The average Bonchev–Trinajstić information content (AvgIpc) is 3.30. The van der Waals surface area contributed by atoms with E-state index in [1.54, 1.807) is 16.7 Å². The number of aliphatic hydroxyl groups is 1. The van der Waals surface area contributed by atoms with E-state index in [4.69, 9.17) is 10.2 Å². The van der Waals surface area contributed by atoms with Crippen LogP contribution in [0.3, 0.4) is 0 Å². The topological polar surface area (TPSA) is 147 Å². The SMILES string of the molecule is N#CC1CN(S(=O)(=O)N2[C@@H]3CCC[C@H]2CC(Nc2nc(Nc4ncc(CO)s4)cc4ncccc24)C3)C1. The predicted molar refractivity (Wildman–Crippen MR) is 140 cm³/mol. The Morgan fingerprint density at radius 1 is 1.22 bits per heavy atom. The third-order valence-electron chi connectivity index (χ3n) is 7.42. The van der Waals surface area contributed by atoms with Crippen LogP contribution in [0.2, 0.25) is 0 Å². The van der Waals surface area contributed by atoms with Crippen molar-refractivity contribution < 1.29 is 13.5 Å². The molecule has 3 aromatic rings. The van der Waals surface area contributed by atoms with Crippen molar-refractivity contribution in [1.29, 1.82) is 5.26 Å². The highest BCUT2D eigenvalue weighted by atomic mass is 32.2. The predicted octanol–water partition coefficient (Wildman–Crippen LogP) is 2.82. The molecule has 3 aromatic heterocycles. The van der Waals surface area contributed by atoms with Crippen LogP contribution in [-0.4, -0.2) is 68.3 Å². The summed E-state index contributed by atoms with van der Waals surface area (Å²) < 4.78 is 30.0. The van der Waals surface area contributed by atoms with Gasteiger partial charge in [0, 0.05) is 55.1 Å². The Kier molecular flexibility index (Phi) is 6.46. The van der Waals surface area contributed by atoms with Gasteiger partial charge in [0.25, 0.3) is 10.2 Å². The van der Waals surface area contributed by atoms with Gasteiger partial charge < -0.3 is 15.7 Å². The fourth-order valence-electron chi connectivity index (χ4n) is 5.67. The van der Waals surface area contributed by atoms with Crippen LogP contribution in [0.1, 0.15) is 37.0 Å². The van der Waals surface area contributed by atoms with Gasteiger partial charge >= 0.3 is 0 Å². The molecule has 0 aliphatic carbocycles. The molecule has 0 radical (unpaired) electrons. The molecule has 6 heterocycles. The number of nitrogens with one attached hydrogen (secondary N) is 2. The Morgan fingerprint density at radius 3 is 2.70 bits per heavy atom. The molecule has 3 aliphatic rings. The van der Waals surface area contributed by atoms with E-state index in [0.717, 1.165) is 35.0 Å². The first-order chi connectivity index (χ1) is 17.9. The van der Waals surface area contributed by atoms with Gasteiger partial charge in [-0.05, 0) is 37.8 Å². The summed E-state index contributed by atoms with van der Waals surface area (Å²) in [6.07, 6.45) is 7.44. The molecular formula is C24H28N8O3S2. The standard InChI is InChI=1S/C24H28N8O3S2/c25-10-15-12-31(13-15)37(34,35)32-17-3-1-4-18(32)8-16(7-17)28-23-20-5-2-6-26-21(20)9-22(29-23)30-24-27-11-19(14-33)36-24/h2,5-6,9,11,15-18,33H,1,3-4,7-8,12-14H2,(H2,27,28,29,30)/t16?,17-,18+. The summed E-state index contributed by atoms with van der Waals surface area (Å²) in [5.41, 5.74) is 0.784. The van der Waals surface area contributed by atoms with Gasteiger partial charge in [-0.25, -0.2) is 9.97 Å². The van der Waals surface area contributed by atoms with E-state index in [-0.39, 0.29) is 43.7 Å². The Balaban J connectivity index is 1.23. The zero-order valence-corrected chi connectivity index (χ0v) is 21.7. The summed E-state index contributed by atoms with van der Waals surface area (Å²) in [6, 6.07) is 7.80. The zero-order chi connectivity index (χ0) is 25.6. The fraction of sp³-hybridized carbons (Fsp3) is 0.500. The molecule has 0 amide bonds. The van der Waals surface area contributed by atoms with Crippen LogP contribution < -0.4 is 10.6 Å². The summed E-state index contributed by atoms with van der Waals surface area (Å²) in [4.78, 5) is 14.4. The minimum absolute atomic E-state index is 0.0632. The second-order valence-electron chi connectivity index (χ2n) is 9.87. The number of aromatic nitrogens is 3. The van der Waals surface area contributed by atoms with Crippen molar-refractivity contribution in [2.75, 3.05) is 23.7 Å². The van der Waals surface area contributed by atoms with Gasteiger partial charge in [0.15, 0.2) is 5.13 Å². The lowest BCUT2D eigenvalue weighted by molar-refractivity contribution is 0.0984. The quantitative estimate of drug-likeness (QED) is 0.411. The molecule has 11 nitrogen and oxygen atoms in total. The second-order valence-corrected chi connectivity index (χ2v) is 12.8. The smallest absolute Gasteiger partial charge is 0.282 e. The normalized spacial score (nSPS) is 24.9. The maximum atomic E-state index is 13.4. The molecule has 1 unspecified atom stereocenters. The Labute approximate surface area is 219 Å². The van der Waals surface area contributed by atoms with Crippen molar-refractivity contribution in [3.63, 3.8) is 0 Å². The van der Waals surface area contributed by atoms with Crippen molar-refractivity contribution in [2.45, 2.75) is 56.8 Å². The minimum atomic E-state index is -3.57. The first-order valence-electron chi connectivity index (χ1n) is 12.5. The molecule has 3 saturated heterocycles. The number of pyridine rings is 2. The summed E-state index contributed by atoms with van der Waals surface area (Å²) in [5, 5.41) is 26.8. The van der Waals surface area contributed by atoms with Crippen LogP contribution in [0.5, 0.6) is 0 Å². The van der Waals surface area contributed by atoms with Crippen molar-refractivity contribution >= 4 is 49.2 Å². The average molecular weight is 541 g/mol. The van der Waals surface area contributed by atoms with Gasteiger partial charge in [-0.1, -0.05) is 17.8 Å². The minimum Gasteiger partial charge on any atom is -0.391 e.